The first-order valence-electron chi connectivity index (χ1n) is 7.48. The van der Waals surface area contributed by atoms with E-state index in [2.05, 4.69) is 20.6 Å². The van der Waals surface area contributed by atoms with E-state index in [9.17, 15) is 9.59 Å². The Morgan fingerprint density at radius 1 is 0.536 bits per heavy atom. The summed E-state index contributed by atoms with van der Waals surface area (Å²) in [6, 6.07) is 17.2. The summed E-state index contributed by atoms with van der Waals surface area (Å²) in [4.78, 5) is 23.6. The highest BCUT2D eigenvalue weighted by molar-refractivity contribution is 6.49. The molecule has 2 aromatic rings. The molecule has 28 heavy (non-hydrogen) atoms. The van der Waals surface area contributed by atoms with Crippen LogP contribution in [0.3, 0.4) is 0 Å². The summed E-state index contributed by atoms with van der Waals surface area (Å²) in [6.07, 6.45) is 3.78. The minimum atomic E-state index is -0.466. The summed E-state index contributed by atoms with van der Waals surface area (Å²) < 4.78 is 0. The summed E-state index contributed by atoms with van der Waals surface area (Å²) in [5, 5.41) is 40.2. The molecule has 0 heterocycles. The van der Waals surface area contributed by atoms with Gasteiger partial charge in [0.05, 0.1) is 24.9 Å². The molecule has 0 unspecified atom stereocenters. The molecule has 4 N–H and O–H groups in total. The zero-order valence-electron chi connectivity index (χ0n) is 14.5. The standard InChI is InChI=1S/C14H10O2.2C2H4N2O2/c15-13(11-7-3-1-4-8-11)14(16)12-9-5-2-6-10-12;2*5-3-1-2-4-6/h1-10H;2*1-2,5-6H. The van der Waals surface area contributed by atoms with Crippen LogP contribution in [-0.2, 0) is 0 Å². The van der Waals surface area contributed by atoms with Gasteiger partial charge in [0.2, 0.25) is 11.6 Å². The predicted octanol–water partition coefficient (Wildman–Crippen LogP) is 2.57. The second-order valence-corrected chi connectivity index (χ2v) is 4.45. The molecule has 0 atom stereocenters. The Bertz CT molecular complexity index is 716. The molecular formula is C18H18N4O6. The molecule has 0 radical (unpaired) electrons. The maximum absolute atomic E-state index is 11.8. The number of carbonyl (C=O) groups is 2. The third-order valence-corrected chi connectivity index (χ3v) is 2.68. The zero-order valence-corrected chi connectivity index (χ0v) is 14.5. The first-order chi connectivity index (χ1) is 13.6. The normalized spacial score (nSPS) is 10.4. The van der Waals surface area contributed by atoms with E-state index in [0.29, 0.717) is 11.1 Å². The lowest BCUT2D eigenvalue weighted by molar-refractivity contribution is 0.0817. The molecule has 0 spiro atoms. The lowest BCUT2D eigenvalue weighted by Crippen LogP contribution is -2.14. The number of oxime groups is 4. The van der Waals surface area contributed by atoms with Crippen molar-refractivity contribution in [1.82, 2.24) is 0 Å². The van der Waals surface area contributed by atoms with Crippen molar-refractivity contribution in [3.63, 3.8) is 0 Å². The van der Waals surface area contributed by atoms with Gasteiger partial charge < -0.3 is 20.8 Å². The number of hydrogen-bond acceptors (Lipinski definition) is 10. The summed E-state index contributed by atoms with van der Waals surface area (Å²) in [6.45, 7) is 0. The van der Waals surface area contributed by atoms with Crippen LogP contribution in [0.1, 0.15) is 20.7 Å². The highest BCUT2D eigenvalue weighted by atomic mass is 16.4. The smallest absolute Gasteiger partial charge is 0.233 e. The maximum Gasteiger partial charge on any atom is 0.233 e. The summed E-state index contributed by atoms with van der Waals surface area (Å²) in [5.74, 6) is -0.932. The Balaban J connectivity index is 0.000000505. The van der Waals surface area contributed by atoms with E-state index in [4.69, 9.17) is 20.8 Å². The van der Waals surface area contributed by atoms with E-state index in [1.807, 2.05) is 12.1 Å². The summed E-state index contributed by atoms with van der Waals surface area (Å²) >= 11 is 0. The molecule has 0 aliphatic carbocycles. The van der Waals surface area contributed by atoms with Crippen LogP contribution in [0.15, 0.2) is 81.3 Å². The van der Waals surface area contributed by atoms with Gasteiger partial charge in [0.15, 0.2) is 0 Å². The minimum absolute atomic E-state index is 0.427. The maximum atomic E-state index is 11.8. The fraction of sp³-hybridized carbons (Fsp3) is 0. The molecule has 0 saturated carbocycles. The van der Waals surface area contributed by atoms with Crippen LogP contribution in [0.25, 0.3) is 0 Å². The zero-order chi connectivity index (χ0) is 21.0. The monoisotopic (exact) mass is 386 g/mol. The van der Waals surface area contributed by atoms with E-state index >= 15 is 0 Å². The molecule has 0 amide bonds. The largest absolute Gasteiger partial charge is 0.411 e. The van der Waals surface area contributed by atoms with Crippen LogP contribution in [0.5, 0.6) is 0 Å². The second-order valence-electron chi connectivity index (χ2n) is 4.45. The number of carbonyl (C=O) groups excluding carboxylic acids is 2. The van der Waals surface area contributed by atoms with Crippen LogP contribution in [0.4, 0.5) is 0 Å². The van der Waals surface area contributed by atoms with Crippen molar-refractivity contribution in [2.45, 2.75) is 0 Å². The van der Waals surface area contributed by atoms with Crippen molar-refractivity contribution in [1.29, 1.82) is 0 Å². The van der Waals surface area contributed by atoms with Gasteiger partial charge in [0.25, 0.3) is 0 Å². The van der Waals surface area contributed by atoms with E-state index in [0.717, 1.165) is 24.9 Å². The van der Waals surface area contributed by atoms with Gasteiger partial charge in [-0.2, -0.15) is 0 Å². The van der Waals surface area contributed by atoms with Crippen molar-refractivity contribution in [3.8, 4) is 0 Å². The Kier molecular flexibility index (Phi) is 13.6. The van der Waals surface area contributed by atoms with Crippen LogP contribution in [-0.4, -0.2) is 57.3 Å². The lowest BCUT2D eigenvalue weighted by Gasteiger charge is -1.99. The van der Waals surface area contributed by atoms with Gasteiger partial charge in [-0.05, 0) is 0 Å². The number of benzene rings is 2. The molecule has 10 nitrogen and oxygen atoms in total. The van der Waals surface area contributed by atoms with Gasteiger partial charge in [0.1, 0.15) is 0 Å². The molecule has 0 bridgehead atoms. The van der Waals surface area contributed by atoms with E-state index in [1.54, 1.807) is 48.5 Å². The molecule has 2 rings (SSSR count). The van der Waals surface area contributed by atoms with E-state index in [1.165, 1.54) is 0 Å². The third kappa shape index (κ3) is 10.5. The van der Waals surface area contributed by atoms with Crippen molar-refractivity contribution < 1.29 is 30.4 Å². The fourth-order valence-electron chi connectivity index (χ4n) is 1.56. The summed E-state index contributed by atoms with van der Waals surface area (Å²) in [7, 11) is 0. The van der Waals surface area contributed by atoms with Crippen LogP contribution < -0.4 is 0 Å². The van der Waals surface area contributed by atoms with Gasteiger partial charge in [-0.1, -0.05) is 81.3 Å². The number of rotatable bonds is 5. The van der Waals surface area contributed by atoms with Crippen LogP contribution in [0, 0.1) is 0 Å². The number of nitrogens with zero attached hydrogens (tertiary/aromatic N) is 4. The molecule has 0 aliphatic heterocycles. The molecule has 2 aromatic carbocycles. The van der Waals surface area contributed by atoms with Crippen molar-refractivity contribution >= 4 is 36.4 Å². The van der Waals surface area contributed by atoms with Crippen molar-refractivity contribution in [2.75, 3.05) is 0 Å². The lowest BCUT2D eigenvalue weighted by atomic mass is 10.0. The molecule has 146 valence electrons. The highest BCUT2D eigenvalue weighted by Crippen LogP contribution is 2.07. The van der Waals surface area contributed by atoms with Gasteiger partial charge >= 0.3 is 0 Å². The molecule has 0 fully saturated rings. The number of ketones is 2. The third-order valence-electron chi connectivity index (χ3n) is 2.68. The average Bonchev–Trinajstić information content (AvgIpc) is 2.77. The average molecular weight is 386 g/mol. The number of hydrogen-bond donors (Lipinski definition) is 4. The van der Waals surface area contributed by atoms with E-state index in [-0.39, 0.29) is 0 Å². The predicted molar refractivity (Wildman–Crippen MR) is 103 cm³/mol. The Hall–Kier alpha value is -4.34. The molecule has 0 aliphatic rings. The highest BCUT2D eigenvalue weighted by Gasteiger charge is 2.16. The Morgan fingerprint density at radius 2 is 0.786 bits per heavy atom. The van der Waals surface area contributed by atoms with Gasteiger partial charge in [0, 0.05) is 11.1 Å². The first-order valence-corrected chi connectivity index (χ1v) is 7.48. The van der Waals surface area contributed by atoms with Gasteiger partial charge in [-0.3, -0.25) is 9.59 Å². The minimum Gasteiger partial charge on any atom is -0.411 e. The Morgan fingerprint density at radius 3 is 1.00 bits per heavy atom. The van der Waals surface area contributed by atoms with Crippen molar-refractivity contribution in [3.05, 3.63) is 71.8 Å². The van der Waals surface area contributed by atoms with Gasteiger partial charge in [-0.15, -0.1) is 0 Å². The van der Waals surface area contributed by atoms with Gasteiger partial charge in [-0.25, -0.2) is 0 Å². The molecule has 10 heteroatoms. The quantitative estimate of drug-likeness (QED) is 0.203. The second kappa shape index (κ2) is 16.1. The molecular weight excluding hydrogens is 368 g/mol. The fourth-order valence-corrected chi connectivity index (χ4v) is 1.56. The SMILES string of the molecule is O=C(C(=O)c1ccccc1)c1ccccc1.ON=CC=NO.ON=CC=NO. The van der Waals surface area contributed by atoms with Crippen LogP contribution in [0.2, 0.25) is 0 Å². The first kappa shape index (κ1) is 23.7. The Labute approximate surface area is 160 Å². The van der Waals surface area contributed by atoms with E-state index < -0.39 is 11.6 Å². The topological polar surface area (TPSA) is 165 Å². The summed E-state index contributed by atoms with van der Waals surface area (Å²) in [5.41, 5.74) is 0.854. The molecule has 0 saturated heterocycles. The van der Waals surface area contributed by atoms with Crippen LogP contribution >= 0.6 is 0 Å². The molecule has 0 aromatic heterocycles. The van der Waals surface area contributed by atoms with Crippen molar-refractivity contribution in [2.24, 2.45) is 20.6 Å². The number of Topliss-reactive ketones (excluding diaryl/α,β-unsaturated/α-hetero) is 2.